The quantitative estimate of drug-likeness (QED) is 0.739. The van der Waals surface area contributed by atoms with Gasteiger partial charge in [-0.2, -0.15) is 0 Å². The topological polar surface area (TPSA) is 15.3 Å². The summed E-state index contributed by atoms with van der Waals surface area (Å²) >= 11 is 0. The predicted octanol–water partition coefficient (Wildman–Crippen LogP) is 2.66. The van der Waals surface area contributed by atoms with E-state index in [4.69, 9.17) is 0 Å². The van der Waals surface area contributed by atoms with E-state index in [0.717, 1.165) is 19.0 Å². The minimum atomic E-state index is 0.193. The second kappa shape index (κ2) is 5.83. The molecule has 0 aliphatic carbocycles. The van der Waals surface area contributed by atoms with E-state index >= 15 is 0 Å². The van der Waals surface area contributed by atoms with E-state index in [1.54, 1.807) is 0 Å². The molecule has 1 saturated heterocycles. The molecule has 1 aliphatic heterocycles. The molecule has 94 valence electrons. The van der Waals surface area contributed by atoms with Gasteiger partial charge in [-0.25, -0.2) is 0 Å². The lowest BCUT2D eigenvalue weighted by Gasteiger charge is -2.32. The number of rotatable bonds is 4. The third-order valence-corrected chi connectivity index (χ3v) is 3.06. The molecule has 1 aliphatic rings. The van der Waals surface area contributed by atoms with E-state index in [-0.39, 0.29) is 5.54 Å². The fraction of sp³-hybridized carbons (Fsp3) is 0.857. The fourth-order valence-electron chi connectivity index (χ4n) is 2.19. The average molecular weight is 224 g/mol. The Morgan fingerprint density at radius 3 is 2.69 bits per heavy atom. The molecule has 1 unspecified atom stereocenters. The van der Waals surface area contributed by atoms with Gasteiger partial charge in [0.15, 0.2) is 0 Å². The summed E-state index contributed by atoms with van der Waals surface area (Å²) in [6, 6.07) is 0. The summed E-state index contributed by atoms with van der Waals surface area (Å²) in [6.07, 6.45) is 2.74. The molecule has 0 amide bonds. The summed E-state index contributed by atoms with van der Waals surface area (Å²) in [4.78, 5) is 2.54. The Kier molecular flexibility index (Phi) is 5.00. The molecule has 1 atom stereocenters. The summed E-state index contributed by atoms with van der Waals surface area (Å²) in [6.45, 7) is 17.6. The number of likely N-dealkylation sites (tertiary alicyclic amines) is 1. The van der Waals surface area contributed by atoms with Gasteiger partial charge in [-0.15, -0.1) is 0 Å². The van der Waals surface area contributed by atoms with Gasteiger partial charge in [0.05, 0.1) is 0 Å². The maximum atomic E-state index is 4.17. The summed E-state index contributed by atoms with van der Waals surface area (Å²) in [5.74, 6) is 0.858. The Hall–Kier alpha value is -0.340. The first kappa shape index (κ1) is 13.7. The monoisotopic (exact) mass is 224 g/mol. The Morgan fingerprint density at radius 2 is 2.12 bits per heavy atom. The molecule has 0 radical (unpaired) electrons. The largest absolute Gasteiger partial charge is 0.308 e. The molecule has 2 nitrogen and oxygen atoms in total. The Balaban J connectivity index is 2.23. The zero-order chi connectivity index (χ0) is 12.2. The summed E-state index contributed by atoms with van der Waals surface area (Å²) in [5, 5.41) is 3.50. The molecule has 1 fully saturated rings. The lowest BCUT2D eigenvalue weighted by atomic mass is 10.00. The highest BCUT2D eigenvalue weighted by atomic mass is 15.1. The van der Waals surface area contributed by atoms with Gasteiger partial charge in [-0.3, -0.25) is 4.90 Å². The number of hydrogen-bond donors (Lipinski definition) is 1. The molecule has 1 rings (SSSR count). The van der Waals surface area contributed by atoms with E-state index in [1.165, 1.54) is 31.5 Å². The SMILES string of the molecule is C=C(CNC(C)(C)C)CN1CCCC(C)C1. The second-order valence-corrected chi connectivity index (χ2v) is 6.34. The third-order valence-electron chi connectivity index (χ3n) is 3.06. The zero-order valence-electron chi connectivity index (χ0n) is 11.5. The van der Waals surface area contributed by atoms with Crippen LogP contribution < -0.4 is 5.32 Å². The van der Waals surface area contributed by atoms with Crippen LogP contribution >= 0.6 is 0 Å². The van der Waals surface area contributed by atoms with Crippen LogP contribution in [0.15, 0.2) is 12.2 Å². The van der Waals surface area contributed by atoms with Crippen molar-refractivity contribution in [2.24, 2.45) is 5.92 Å². The molecule has 1 heterocycles. The van der Waals surface area contributed by atoms with Crippen molar-refractivity contribution in [2.75, 3.05) is 26.2 Å². The van der Waals surface area contributed by atoms with Crippen LogP contribution in [0.4, 0.5) is 0 Å². The fourth-order valence-corrected chi connectivity index (χ4v) is 2.19. The van der Waals surface area contributed by atoms with E-state index in [2.05, 4.69) is 44.5 Å². The number of nitrogens with zero attached hydrogens (tertiary/aromatic N) is 1. The minimum Gasteiger partial charge on any atom is -0.308 e. The molecular weight excluding hydrogens is 196 g/mol. The predicted molar refractivity (Wildman–Crippen MR) is 71.7 cm³/mol. The third kappa shape index (κ3) is 5.66. The van der Waals surface area contributed by atoms with Crippen molar-refractivity contribution in [1.82, 2.24) is 10.2 Å². The molecule has 0 aromatic carbocycles. The molecule has 0 spiro atoms. The normalized spacial score (nSPS) is 23.4. The maximum Gasteiger partial charge on any atom is 0.0202 e. The van der Waals surface area contributed by atoms with Gasteiger partial charge in [0, 0.05) is 25.2 Å². The van der Waals surface area contributed by atoms with Crippen LogP contribution in [0.25, 0.3) is 0 Å². The number of piperidine rings is 1. The van der Waals surface area contributed by atoms with Crippen LogP contribution in [0.3, 0.4) is 0 Å². The van der Waals surface area contributed by atoms with Gasteiger partial charge in [0.25, 0.3) is 0 Å². The van der Waals surface area contributed by atoms with Gasteiger partial charge >= 0.3 is 0 Å². The van der Waals surface area contributed by atoms with Crippen LogP contribution in [-0.4, -0.2) is 36.6 Å². The average Bonchev–Trinajstić information content (AvgIpc) is 2.14. The van der Waals surface area contributed by atoms with Crippen LogP contribution in [0.5, 0.6) is 0 Å². The molecular formula is C14H28N2. The summed E-state index contributed by atoms with van der Waals surface area (Å²) in [5.41, 5.74) is 1.50. The van der Waals surface area contributed by atoms with Crippen molar-refractivity contribution in [2.45, 2.75) is 46.1 Å². The van der Waals surface area contributed by atoms with Crippen molar-refractivity contribution < 1.29 is 0 Å². The molecule has 1 N–H and O–H groups in total. The van der Waals surface area contributed by atoms with Crippen LogP contribution in [0.2, 0.25) is 0 Å². The highest BCUT2D eigenvalue weighted by molar-refractivity contribution is 5.01. The van der Waals surface area contributed by atoms with Gasteiger partial charge < -0.3 is 5.32 Å². The Labute approximate surface area is 101 Å². The molecule has 2 heteroatoms. The lowest BCUT2D eigenvalue weighted by molar-refractivity contribution is 0.196. The standard InChI is InChI=1S/C14H28N2/c1-12-7-6-8-16(10-12)11-13(2)9-15-14(3,4)5/h12,15H,2,6-11H2,1,3-5H3. The summed E-state index contributed by atoms with van der Waals surface area (Å²) in [7, 11) is 0. The Bertz CT molecular complexity index is 227. The molecule has 16 heavy (non-hydrogen) atoms. The van der Waals surface area contributed by atoms with E-state index < -0.39 is 0 Å². The van der Waals surface area contributed by atoms with Crippen molar-refractivity contribution >= 4 is 0 Å². The smallest absolute Gasteiger partial charge is 0.0202 e. The zero-order valence-corrected chi connectivity index (χ0v) is 11.5. The van der Waals surface area contributed by atoms with Crippen molar-refractivity contribution in [3.05, 3.63) is 12.2 Å². The van der Waals surface area contributed by atoms with Crippen molar-refractivity contribution in [1.29, 1.82) is 0 Å². The van der Waals surface area contributed by atoms with E-state index in [9.17, 15) is 0 Å². The second-order valence-electron chi connectivity index (χ2n) is 6.34. The highest BCUT2D eigenvalue weighted by Crippen LogP contribution is 2.16. The molecule has 0 bridgehead atoms. The van der Waals surface area contributed by atoms with Gasteiger partial charge in [-0.05, 0) is 51.6 Å². The van der Waals surface area contributed by atoms with Crippen molar-refractivity contribution in [3.63, 3.8) is 0 Å². The van der Waals surface area contributed by atoms with E-state index in [0.29, 0.717) is 0 Å². The van der Waals surface area contributed by atoms with E-state index in [1.807, 2.05) is 0 Å². The first-order chi connectivity index (χ1) is 7.37. The molecule has 0 saturated carbocycles. The first-order valence-corrected chi connectivity index (χ1v) is 6.51. The Morgan fingerprint density at radius 1 is 1.44 bits per heavy atom. The number of nitrogens with one attached hydrogen (secondary N) is 1. The maximum absolute atomic E-state index is 4.17. The van der Waals surface area contributed by atoms with Crippen molar-refractivity contribution in [3.8, 4) is 0 Å². The van der Waals surface area contributed by atoms with Crippen LogP contribution in [-0.2, 0) is 0 Å². The molecule has 0 aromatic heterocycles. The lowest BCUT2D eigenvalue weighted by Crippen LogP contribution is -2.40. The van der Waals surface area contributed by atoms with Gasteiger partial charge in [0.1, 0.15) is 0 Å². The van der Waals surface area contributed by atoms with Crippen LogP contribution in [0.1, 0.15) is 40.5 Å². The number of hydrogen-bond acceptors (Lipinski definition) is 2. The molecule has 0 aromatic rings. The van der Waals surface area contributed by atoms with Gasteiger partial charge in [0.2, 0.25) is 0 Å². The van der Waals surface area contributed by atoms with Gasteiger partial charge in [-0.1, -0.05) is 13.5 Å². The van der Waals surface area contributed by atoms with Crippen LogP contribution in [0, 0.1) is 5.92 Å². The first-order valence-electron chi connectivity index (χ1n) is 6.51. The highest BCUT2D eigenvalue weighted by Gasteiger charge is 2.17. The minimum absolute atomic E-state index is 0.193. The summed E-state index contributed by atoms with van der Waals surface area (Å²) < 4.78 is 0.